The number of aryl methyl sites for hydroxylation is 1. The molecule has 1 amide bonds. The highest BCUT2D eigenvalue weighted by Gasteiger charge is 2.34. The van der Waals surface area contributed by atoms with E-state index in [0.29, 0.717) is 18.8 Å². The van der Waals surface area contributed by atoms with Crippen molar-refractivity contribution >= 4 is 5.91 Å². The smallest absolute Gasteiger partial charge is 0.376 e. The Balaban J connectivity index is 1.61. The second-order valence-corrected chi connectivity index (χ2v) is 5.69. The van der Waals surface area contributed by atoms with Gasteiger partial charge in [0.05, 0.1) is 6.10 Å². The normalized spacial score (nSPS) is 17.8. The average Bonchev–Trinajstić information content (AvgIpc) is 3.27. The van der Waals surface area contributed by atoms with Crippen molar-refractivity contribution < 1.29 is 27.2 Å². The maximum Gasteiger partial charge on any atom is 0.435 e. The molecular formula is C14H16F3N5O3. The van der Waals surface area contributed by atoms with Gasteiger partial charge in [0.1, 0.15) is 6.54 Å². The van der Waals surface area contributed by atoms with Crippen molar-refractivity contribution in [3.05, 3.63) is 29.2 Å². The Morgan fingerprint density at radius 2 is 2.28 bits per heavy atom. The zero-order valence-corrected chi connectivity index (χ0v) is 13.3. The third-order valence-corrected chi connectivity index (χ3v) is 3.74. The molecule has 25 heavy (non-hydrogen) atoms. The van der Waals surface area contributed by atoms with E-state index < -0.39 is 17.8 Å². The van der Waals surface area contributed by atoms with E-state index in [1.807, 2.05) is 0 Å². The summed E-state index contributed by atoms with van der Waals surface area (Å²) >= 11 is 0. The van der Waals surface area contributed by atoms with Crippen LogP contribution >= 0.6 is 0 Å². The van der Waals surface area contributed by atoms with Crippen LogP contribution in [-0.2, 0) is 17.5 Å². The fourth-order valence-electron chi connectivity index (χ4n) is 2.44. The summed E-state index contributed by atoms with van der Waals surface area (Å²) in [5.41, 5.74) is -0.704. The second-order valence-electron chi connectivity index (χ2n) is 5.69. The minimum atomic E-state index is -4.53. The first kappa shape index (κ1) is 17.4. The van der Waals surface area contributed by atoms with Gasteiger partial charge in [0.15, 0.2) is 11.5 Å². The molecule has 1 aliphatic rings. The maximum absolute atomic E-state index is 12.7. The van der Waals surface area contributed by atoms with Crippen LogP contribution in [0.25, 0.3) is 0 Å². The number of halogens is 3. The van der Waals surface area contributed by atoms with Gasteiger partial charge < -0.3 is 14.6 Å². The Morgan fingerprint density at radius 3 is 2.92 bits per heavy atom. The number of carbonyl (C=O) groups excluding carboxylic acids is 1. The quantitative estimate of drug-likeness (QED) is 0.870. The van der Waals surface area contributed by atoms with E-state index in [-0.39, 0.29) is 24.4 Å². The highest BCUT2D eigenvalue weighted by Crippen LogP contribution is 2.28. The summed E-state index contributed by atoms with van der Waals surface area (Å²) in [6.45, 7) is 2.36. The van der Waals surface area contributed by atoms with Crippen molar-refractivity contribution in [1.29, 1.82) is 0 Å². The zero-order chi connectivity index (χ0) is 18.0. The van der Waals surface area contributed by atoms with Crippen LogP contribution in [0.4, 0.5) is 13.2 Å². The van der Waals surface area contributed by atoms with Crippen LogP contribution in [0.1, 0.15) is 40.7 Å². The van der Waals surface area contributed by atoms with Crippen molar-refractivity contribution in [3.8, 4) is 0 Å². The molecule has 1 atom stereocenters. The lowest BCUT2D eigenvalue weighted by atomic mass is 10.2. The van der Waals surface area contributed by atoms with Crippen molar-refractivity contribution in [2.75, 3.05) is 13.2 Å². The predicted molar refractivity (Wildman–Crippen MR) is 76.7 cm³/mol. The Kier molecular flexibility index (Phi) is 4.75. The van der Waals surface area contributed by atoms with Gasteiger partial charge in [-0.05, 0) is 25.8 Å². The molecule has 0 saturated carbocycles. The van der Waals surface area contributed by atoms with Crippen LogP contribution in [0.15, 0.2) is 10.6 Å². The van der Waals surface area contributed by atoms with Crippen LogP contribution in [0.2, 0.25) is 0 Å². The average molecular weight is 359 g/mol. The highest BCUT2D eigenvalue weighted by atomic mass is 19.4. The number of hydrogen-bond acceptors (Lipinski definition) is 6. The monoisotopic (exact) mass is 359 g/mol. The van der Waals surface area contributed by atoms with Crippen molar-refractivity contribution in [2.45, 2.75) is 38.6 Å². The van der Waals surface area contributed by atoms with Gasteiger partial charge in [-0.15, -0.1) is 0 Å². The summed E-state index contributed by atoms with van der Waals surface area (Å²) in [5.74, 6) is -0.751. The first-order chi connectivity index (χ1) is 11.8. The van der Waals surface area contributed by atoms with E-state index in [4.69, 9.17) is 9.26 Å². The number of rotatable bonds is 5. The molecule has 136 valence electrons. The number of amides is 1. The maximum atomic E-state index is 12.7. The summed E-state index contributed by atoms with van der Waals surface area (Å²) in [6.07, 6.45) is -2.73. The van der Waals surface area contributed by atoms with Gasteiger partial charge in [0.25, 0.3) is 0 Å². The predicted octanol–water partition coefficient (Wildman–Crippen LogP) is 1.55. The van der Waals surface area contributed by atoms with Gasteiger partial charge in [-0.25, -0.2) is 0 Å². The van der Waals surface area contributed by atoms with Gasteiger partial charge in [-0.3, -0.25) is 9.48 Å². The van der Waals surface area contributed by atoms with Gasteiger partial charge in [0.2, 0.25) is 0 Å². The van der Waals surface area contributed by atoms with Gasteiger partial charge >= 0.3 is 18.0 Å². The molecule has 1 N–H and O–H groups in total. The molecule has 3 rings (SSSR count). The van der Waals surface area contributed by atoms with Crippen molar-refractivity contribution in [1.82, 2.24) is 25.2 Å². The van der Waals surface area contributed by atoms with Gasteiger partial charge in [-0.2, -0.15) is 23.3 Å². The van der Waals surface area contributed by atoms with E-state index in [2.05, 4.69) is 20.6 Å². The summed E-state index contributed by atoms with van der Waals surface area (Å²) < 4.78 is 49.3. The van der Waals surface area contributed by atoms with Crippen LogP contribution in [0.3, 0.4) is 0 Å². The Bertz CT molecular complexity index is 749. The molecule has 0 bridgehead atoms. The van der Waals surface area contributed by atoms with Crippen LogP contribution < -0.4 is 5.32 Å². The summed E-state index contributed by atoms with van der Waals surface area (Å²) in [4.78, 5) is 15.8. The molecule has 0 aliphatic carbocycles. The number of ether oxygens (including phenoxy) is 1. The second kappa shape index (κ2) is 6.82. The molecule has 1 aliphatic heterocycles. The van der Waals surface area contributed by atoms with E-state index in [1.54, 1.807) is 0 Å². The molecule has 11 heteroatoms. The van der Waals surface area contributed by atoms with Gasteiger partial charge in [-0.1, -0.05) is 5.16 Å². The zero-order valence-electron chi connectivity index (χ0n) is 13.3. The van der Waals surface area contributed by atoms with E-state index >= 15 is 0 Å². The van der Waals surface area contributed by atoms with E-state index in [1.165, 1.54) is 6.92 Å². The summed E-state index contributed by atoms with van der Waals surface area (Å²) in [6, 6.07) is 0.926. The summed E-state index contributed by atoms with van der Waals surface area (Å²) in [7, 11) is 0. The molecule has 8 nitrogen and oxygen atoms in total. The number of aromatic nitrogens is 4. The molecule has 0 spiro atoms. The van der Waals surface area contributed by atoms with E-state index in [0.717, 1.165) is 23.6 Å². The lowest BCUT2D eigenvalue weighted by Crippen LogP contribution is -2.31. The third-order valence-electron chi connectivity index (χ3n) is 3.74. The lowest BCUT2D eigenvalue weighted by Gasteiger charge is -2.08. The minimum absolute atomic E-state index is 0.0288. The molecule has 0 aromatic carbocycles. The Hall–Kier alpha value is -2.43. The third kappa shape index (κ3) is 4.16. The van der Waals surface area contributed by atoms with E-state index in [9.17, 15) is 18.0 Å². The lowest BCUT2D eigenvalue weighted by molar-refractivity contribution is -0.141. The molecule has 1 fully saturated rings. The number of nitrogens with zero attached hydrogens (tertiary/aromatic N) is 4. The van der Waals surface area contributed by atoms with Crippen LogP contribution in [-0.4, -0.2) is 45.1 Å². The Morgan fingerprint density at radius 1 is 1.48 bits per heavy atom. The fraction of sp³-hybridized carbons (Fsp3) is 0.571. The molecule has 1 saturated heterocycles. The standard InChI is InChI=1S/C14H16F3N5O3/c1-8-5-10(14(15,16)17)20-22(8)7-11-19-13(25-21-11)12(23)18-6-9-3-2-4-24-9/h5,9H,2-4,6-7H2,1H3,(H,18,23)/t9-/m1/s1. The molecule has 0 radical (unpaired) electrons. The van der Waals surface area contributed by atoms with Gasteiger partial charge in [0, 0.05) is 18.8 Å². The minimum Gasteiger partial charge on any atom is -0.376 e. The largest absolute Gasteiger partial charge is 0.435 e. The van der Waals surface area contributed by atoms with Crippen molar-refractivity contribution in [2.24, 2.45) is 0 Å². The fourth-order valence-corrected chi connectivity index (χ4v) is 2.44. The first-order valence-corrected chi connectivity index (χ1v) is 7.67. The molecule has 2 aromatic heterocycles. The van der Waals surface area contributed by atoms with Crippen LogP contribution in [0.5, 0.6) is 0 Å². The SMILES string of the molecule is Cc1cc(C(F)(F)F)nn1Cc1noc(C(=O)NC[C@H]2CCCO2)n1. The highest BCUT2D eigenvalue weighted by molar-refractivity contribution is 5.89. The van der Waals surface area contributed by atoms with Crippen LogP contribution in [0, 0.1) is 6.92 Å². The Labute approximate surface area is 140 Å². The molecule has 0 unspecified atom stereocenters. The van der Waals surface area contributed by atoms with Crippen molar-refractivity contribution in [3.63, 3.8) is 0 Å². The molecular weight excluding hydrogens is 343 g/mol. The summed E-state index contributed by atoms with van der Waals surface area (Å²) in [5, 5.41) is 9.70. The topological polar surface area (TPSA) is 95.1 Å². The first-order valence-electron chi connectivity index (χ1n) is 7.67. The molecule has 3 heterocycles. The molecule has 2 aromatic rings. The number of hydrogen-bond donors (Lipinski definition) is 1. The number of nitrogens with one attached hydrogen (secondary N) is 1. The number of alkyl halides is 3. The number of carbonyl (C=O) groups is 1.